The number of aliphatic imine (C=N–C) groups is 1. The van der Waals surface area contributed by atoms with Crippen molar-refractivity contribution in [2.75, 3.05) is 5.73 Å². The zero-order valence-corrected chi connectivity index (χ0v) is 8.31. The number of hydrogen-bond acceptors (Lipinski definition) is 6. The molecule has 0 radical (unpaired) electrons. The first-order chi connectivity index (χ1) is 7.07. The van der Waals surface area contributed by atoms with Gasteiger partial charge in [0.25, 0.3) is 0 Å². The molecule has 1 aromatic rings. The summed E-state index contributed by atoms with van der Waals surface area (Å²) < 4.78 is 0. The fourth-order valence-electron chi connectivity index (χ4n) is 1.17. The molecule has 2 rings (SSSR count). The van der Waals surface area contributed by atoms with Crippen LogP contribution in [0.5, 0.6) is 0 Å². The van der Waals surface area contributed by atoms with Crippen molar-refractivity contribution in [3.05, 3.63) is 24.3 Å². The van der Waals surface area contributed by atoms with Crippen LogP contribution in [-0.4, -0.2) is 22.0 Å². The number of nitrogens with two attached hydrogens (primary N) is 2. The Bertz CT molecular complexity index is 434. The first-order valence-corrected chi connectivity index (χ1v) is 4.47. The van der Waals surface area contributed by atoms with E-state index in [4.69, 9.17) is 11.5 Å². The van der Waals surface area contributed by atoms with Crippen LogP contribution in [0.3, 0.4) is 0 Å². The molecule has 1 unspecified atom stereocenters. The Balaban J connectivity index is 2.28. The van der Waals surface area contributed by atoms with Crippen LogP contribution < -0.4 is 16.8 Å². The summed E-state index contributed by atoms with van der Waals surface area (Å²) in [4.78, 5) is 12.0. The lowest BCUT2D eigenvalue weighted by molar-refractivity contribution is 0.439. The molecule has 0 saturated carbocycles. The van der Waals surface area contributed by atoms with E-state index < -0.39 is 5.79 Å². The molecule has 5 N–H and O–H groups in total. The van der Waals surface area contributed by atoms with Crippen LogP contribution in [-0.2, 0) is 0 Å². The summed E-state index contributed by atoms with van der Waals surface area (Å²) in [6, 6.07) is 1.68. The molecule has 0 bridgehead atoms. The summed E-state index contributed by atoms with van der Waals surface area (Å²) in [6.45, 7) is 1.77. The average Bonchev–Trinajstić information content (AvgIpc) is 2.17. The van der Waals surface area contributed by atoms with E-state index in [1.54, 1.807) is 25.4 Å². The molecule has 1 aromatic heterocycles. The molecule has 6 nitrogen and oxygen atoms in total. The van der Waals surface area contributed by atoms with E-state index in [0.29, 0.717) is 11.5 Å². The maximum Gasteiger partial charge on any atom is 0.178 e. The quantitative estimate of drug-likeness (QED) is 0.583. The number of aromatic nitrogens is 2. The third-order valence-corrected chi connectivity index (χ3v) is 1.98. The largest absolute Gasteiger partial charge is 0.384 e. The Morgan fingerprint density at radius 2 is 2.20 bits per heavy atom. The van der Waals surface area contributed by atoms with Crippen LogP contribution in [0.25, 0.3) is 5.57 Å². The van der Waals surface area contributed by atoms with Crippen molar-refractivity contribution in [1.82, 2.24) is 15.3 Å². The fraction of sp³-hybridized carbons (Fsp3) is 0.222. The van der Waals surface area contributed by atoms with Gasteiger partial charge in [-0.05, 0) is 6.92 Å². The van der Waals surface area contributed by atoms with Crippen LogP contribution in [0.2, 0.25) is 0 Å². The minimum absolute atomic E-state index is 0.426. The second-order valence-electron chi connectivity index (χ2n) is 3.48. The molecular formula is C9H12N6. The van der Waals surface area contributed by atoms with E-state index in [-0.39, 0.29) is 0 Å². The fourth-order valence-corrected chi connectivity index (χ4v) is 1.17. The van der Waals surface area contributed by atoms with Crippen LogP contribution in [0, 0.1) is 0 Å². The molecule has 6 heteroatoms. The maximum atomic E-state index is 5.74. The van der Waals surface area contributed by atoms with Crippen LogP contribution in [0.15, 0.2) is 23.6 Å². The lowest BCUT2D eigenvalue weighted by Crippen LogP contribution is -2.48. The topological polar surface area (TPSA) is 102 Å². The Labute approximate surface area is 87.1 Å². The molecule has 15 heavy (non-hydrogen) atoms. The van der Waals surface area contributed by atoms with E-state index in [0.717, 1.165) is 5.57 Å². The highest BCUT2D eigenvalue weighted by Gasteiger charge is 2.17. The Hall–Kier alpha value is -1.95. The first-order valence-electron chi connectivity index (χ1n) is 4.47. The van der Waals surface area contributed by atoms with Gasteiger partial charge in [-0.2, -0.15) is 0 Å². The second kappa shape index (κ2) is 3.32. The standard InChI is InChI=1S/C9H12N6/c1-9(11)14-3-6(4-15-9)7-2-8(10)13-5-12-7/h2-5,14H,11H2,1H3,(H2,10,12,13). The van der Waals surface area contributed by atoms with Gasteiger partial charge in [-0.1, -0.05) is 0 Å². The molecule has 1 atom stereocenters. The van der Waals surface area contributed by atoms with Gasteiger partial charge in [0.15, 0.2) is 5.79 Å². The predicted octanol–water partition coefficient (Wildman–Crippen LogP) is -0.294. The highest BCUT2D eigenvalue weighted by atomic mass is 15.2. The van der Waals surface area contributed by atoms with Crippen LogP contribution in [0.1, 0.15) is 12.6 Å². The molecule has 0 spiro atoms. The predicted molar refractivity (Wildman–Crippen MR) is 58.6 cm³/mol. The summed E-state index contributed by atoms with van der Waals surface area (Å²) in [5.41, 5.74) is 12.8. The molecule has 0 amide bonds. The molecule has 2 heterocycles. The second-order valence-corrected chi connectivity index (χ2v) is 3.48. The summed E-state index contributed by atoms with van der Waals surface area (Å²) in [5, 5.41) is 2.94. The van der Waals surface area contributed by atoms with Crippen molar-refractivity contribution in [3.63, 3.8) is 0 Å². The first kappa shape index (κ1) is 9.60. The number of nitrogens with one attached hydrogen (secondary N) is 1. The van der Waals surface area contributed by atoms with E-state index >= 15 is 0 Å². The number of hydrogen-bond donors (Lipinski definition) is 3. The van der Waals surface area contributed by atoms with Crippen molar-refractivity contribution < 1.29 is 0 Å². The van der Waals surface area contributed by atoms with E-state index in [9.17, 15) is 0 Å². The van der Waals surface area contributed by atoms with Gasteiger partial charge in [0.2, 0.25) is 0 Å². The lowest BCUT2D eigenvalue weighted by Gasteiger charge is -2.24. The molecule has 1 aliphatic rings. The minimum Gasteiger partial charge on any atom is -0.384 e. The molecule has 1 aliphatic heterocycles. The van der Waals surface area contributed by atoms with Gasteiger partial charge >= 0.3 is 0 Å². The highest BCUT2D eigenvalue weighted by Crippen LogP contribution is 2.14. The van der Waals surface area contributed by atoms with Crippen molar-refractivity contribution in [1.29, 1.82) is 0 Å². The van der Waals surface area contributed by atoms with Gasteiger partial charge < -0.3 is 11.1 Å². The number of rotatable bonds is 1. The van der Waals surface area contributed by atoms with Gasteiger partial charge in [-0.15, -0.1) is 0 Å². The van der Waals surface area contributed by atoms with Gasteiger partial charge in [-0.3, -0.25) is 10.7 Å². The van der Waals surface area contributed by atoms with Gasteiger partial charge in [-0.25, -0.2) is 9.97 Å². The van der Waals surface area contributed by atoms with Gasteiger partial charge in [0.1, 0.15) is 12.1 Å². The molecule has 0 saturated heterocycles. The highest BCUT2D eigenvalue weighted by molar-refractivity contribution is 6.09. The lowest BCUT2D eigenvalue weighted by atomic mass is 10.2. The van der Waals surface area contributed by atoms with Crippen LogP contribution in [0.4, 0.5) is 5.82 Å². The Morgan fingerprint density at radius 1 is 1.40 bits per heavy atom. The Kier molecular flexibility index (Phi) is 2.12. The average molecular weight is 204 g/mol. The van der Waals surface area contributed by atoms with Crippen LogP contribution >= 0.6 is 0 Å². The molecular weight excluding hydrogens is 192 g/mol. The summed E-state index contributed by atoms with van der Waals surface area (Å²) in [5.74, 6) is -0.322. The van der Waals surface area contributed by atoms with E-state index in [1.807, 2.05) is 0 Å². The van der Waals surface area contributed by atoms with Crippen molar-refractivity contribution in [2.24, 2.45) is 10.7 Å². The maximum absolute atomic E-state index is 5.74. The van der Waals surface area contributed by atoms with Crippen molar-refractivity contribution in [3.8, 4) is 0 Å². The minimum atomic E-state index is -0.748. The van der Waals surface area contributed by atoms with Crippen molar-refractivity contribution >= 4 is 17.6 Å². The number of anilines is 1. The van der Waals surface area contributed by atoms with E-state index in [2.05, 4.69) is 20.3 Å². The third-order valence-electron chi connectivity index (χ3n) is 1.98. The molecule has 0 fully saturated rings. The van der Waals surface area contributed by atoms with E-state index in [1.165, 1.54) is 6.33 Å². The van der Waals surface area contributed by atoms with Gasteiger partial charge in [0.05, 0.1) is 5.69 Å². The molecule has 0 aliphatic carbocycles. The third kappa shape index (κ3) is 2.10. The van der Waals surface area contributed by atoms with Gasteiger partial charge in [0, 0.05) is 24.1 Å². The monoisotopic (exact) mass is 204 g/mol. The zero-order chi connectivity index (χ0) is 10.9. The molecule has 78 valence electrons. The summed E-state index contributed by atoms with van der Waals surface area (Å²) in [6.07, 6.45) is 4.84. The summed E-state index contributed by atoms with van der Waals surface area (Å²) >= 11 is 0. The number of nitrogens with zero attached hydrogens (tertiary/aromatic N) is 3. The number of nitrogen functional groups attached to an aromatic ring is 1. The molecule has 0 aromatic carbocycles. The smallest absolute Gasteiger partial charge is 0.178 e. The Morgan fingerprint density at radius 3 is 2.80 bits per heavy atom. The SMILES string of the molecule is CC1(N)N=CC(c2cc(N)ncn2)=CN1. The number of allylic oxidation sites excluding steroid dienone is 1. The normalized spacial score (nSPS) is 24.5. The zero-order valence-electron chi connectivity index (χ0n) is 8.31. The van der Waals surface area contributed by atoms with Crippen molar-refractivity contribution in [2.45, 2.75) is 12.7 Å². The summed E-state index contributed by atoms with van der Waals surface area (Å²) in [7, 11) is 0.